The number of allylic oxidation sites excluding steroid dienone is 1. The molecule has 0 aliphatic rings. The normalized spacial score (nSPS) is 12.0. The topological polar surface area (TPSA) is 35.8 Å². The first-order valence-corrected chi connectivity index (χ1v) is 3.50. The minimum atomic E-state index is 0.336. The summed E-state index contributed by atoms with van der Waals surface area (Å²) in [6.45, 7) is 3.62. The zero-order valence-electron chi connectivity index (χ0n) is 6.43. The van der Waals surface area contributed by atoms with Crippen LogP contribution >= 0.6 is 0 Å². The van der Waals surface area contributed by atoms with Crippen LogP contribution in [0.4, 0.5) is 0 Å². The summed E-state index contributed by atoms with van der Waals surface area (Å²) in [7, 11) is 1.88. The lowest BCUT2D eigenvalue weighted by Crippen LogP contribution is -2.23. The van der Waals surface area contributed by atoms with Gasteiger partial charge in [-0.25, -0.2) is 0 Å². The lowest BCUT2D eigenvalue weighted by Gasteiger charge is -2.09. The van der Waals surface area contributed by atoms with Gasteiger partial charge in [-0.1, -0.05) is 6.08 Å². The Kier molecular flexibility index (Phi) is 5.80. The molecule has 2 nitrogen and oxygen atoms in total. The van der Waals surface area contributed by atoms with E-state index in [0.717, 1.165) is 12.8 Å². The first kappa shape index (κ1) is 9.19. The quantitative estimate of drug-likeness (QED) is 0.584. The summed E-state index contributed by atoms with van der Waals surface area (Å²) in [5.41, 5.74) is 0. The predicted octanol–water partition coefficient (Wildman–Crippen LogP) is 1.45. The lowest BCUT2D eigenvalue weighted by molar-refractivity contribution is 0.537. The molecule has 0 aromatic heterocycles. The molecule has 0 radical (unpaired) electrons. The summed E-state index contributed by atoms with van der Waals surface area (Å²) >= 11 is 0. The molecule has 0 aromatic rings. The third-order valence-corrected chi connectivity index (χ3v) is 1.47. The zero-order valence-corrected chi connectivity index (χ0v) is 6.43. The van der Waals surface area contributed by atoms with E-state index in [0.29, 0.717) is 12.5 Å². The van der Waals surface area contributed by atoms with Crippen molar-refractivity contribution in [1.82, 2.24) is 5.32 Å². The number of hydrogen-bond acceptors (Lipinski definition) is 2. The zero-order chi connectivity index (χ0) is 7.82. The van der Waals surface area contributed by atoms with Crippen LogP contribution in [0.2, 0.25) is 0 Å². The molecule has 0 saturated heterocycles. The molecule has 1 N–H and O–H groups in total. The largest absolute Gasteiger partial charge is 0.316 e. The molecule has 0 aliphatic heterocycles. The fourth-order valence-electron chi connectivity index (χ4n) is 0.778. The number of rotatable bonds is 5. The fraction of sp³-hybridized carbons (Fsp3) is 0.625. The summed E-state index contributed by atoms with van der Waals surface area (Å²) < 4.78 is 0. The van der Waals surface area contributed by atoms with Gasteiger partial charge in [0.1, 0.15) is 0 Å². The molecule has 1 unspecified atom stereocenters. The predicted molar refractivity (Wildman–Crippen MR) is 42.5 cm³/mol. The van der Waals surface area contributed by atoms with Crippen LogP contribution in [0.5, 0.6) is 0 Å². The van der Waals surface area contributed by atoms with E-state index < -0.39 is 0 Å². The van der Waals surface area contributed by atoms with Gasteiger partial charge in [-0.05, 0) is 19.9 Å². The third-order valence-electron chi connectivity index (χ3n) is 1.47. The van der Waals surface area contributed by atoms with E-state index in [-0.39, 0.29) is 0 Å². The Hall–Kier alpha value is -0.810. The molecule has 0 aliphatic carbocycles. The van der Waals surface area contributed by atoms with Crippen LogP contribution in [0, 0.1) is 11.3 Å². The average molecular weight is 138 g/mol. The summed E-state index contributed by atoms with van der Waals surface area (Å²) in [4.78, 5) is 0. The molecule has 0 saturated carbocycles. The van der Waals surface area contributed by atoms with Gasteiger partial charge in [0.25, 0.3) is 0 Å². The third kappa shape index (κ3) is 4.11. The molecule has 56 valence electrons. The van der Waals surface area contributed by atoms with Crippen molar-refractivity contribution in [1.29, 1.82) is 5.26 Å². The number of hydrogen-bond donors (Lipinski definition) is 1. The van der Waals surface area contributed by atoms with Crippen molar-refractivity contribution in [2.75, 3.05) is 7.05 Å². The minimum absolute atomic E-state index is 0.336. The van der Waals surface area contributed by atoms with Gasteiger partial charge in [-0.15, -0.1) is 6.58 Å². The first-order chi connectivity index (χ1) is 4.85. The van der Waals surface area contributed by atoms with Crippen molar-refractivity contribution in [3.8, 4) is 6.07 Å². The Morgan fingerprint density at radius 1 is 1.80 bits per heavy atom. The molecule has 2 heteroatoms. The van der Waals surface area contributed by atoms with Crippen LogP contribution in [-0.2, 0) is 0 Å². The number of nitriles is 1. The van der Waals surface area contributed by atoms with Gasteiger partial charge in [0, 0.05) is 6.04 Å². The van der Waals surface area contributed by atoms with Crippen LogP contribution in [-0.4, -0.2) is 13.1 Å². The fourth-order valence-corrected chi connectivity index (χ4v) is 0.778. The van der Waals surface area contributed by atoms with E-state index in [1.54, 1.807) is 0 Å². The monoisotopic (exact) mass is 138 g/mol. The van der Waals surface area contributed by atoms with Gasteiger partial charge < -0.3 is 5.32 Å². The maximum atomic E-state index is 8.35. The summed E-state index contributed by atoms with van der Waals surface area (Å²) in [6, 6.07) is 2.47. The maximum Gasteiger partial charge on any atom is 0.0638 e. The van der Waals surface area contributed by atoms with Gasteiger partial charge in [0.15, 0.2) is 0 Å². The van der Waals surface area contributed by atoms with Crippen molar-refractivity contribution in [2.24, 2.45) is 0 Å². The molecule has 10 heavy (non-hydrogen) atoms. The highest BCUT2D eigenvalue weighted by atomic mass is 14.9. The Labute approximate surface area is 62.5 Å². The SMILES string of the molecule is C=CCCC(CC#N)NC. The Balaban J connectivity index is 3.41. The van der Waals surface area contributed by atoms with Gasteiger partial charge in [0.05, 0.1) is 12.5 Å². The standard InChI is InChI=1S/C8H14N2/c1-3-4-5-8(10-2)6-7-9/h3,8,10H,1,4-6H2,2H3. The van der Waals surface area contributed by atoms with Crippen molar-refractivity contribution in [2.45, 2.75) is 25.3 Å². The summed E-state index contributed by atoms with van der Waals surface area (Å²) in [6.07, 6.45) is 4.45. The van der Waals surface area contributed by atoms with Gasteiger partial charge in [-0.3, -0.25) is 0 Å². The van der Waals surface area contributed by atoms with E-state index in [9.17, 15) is 0 Å². The van der Waals surface area contributed by atoms with Crippen LogP contribution in [0.15, 0.2) is 12.7 Å². The van der Waals surface area contributed by atoms with E-state index in [4.69, 9.17) is 5.26 Å². The molecule has 0 rings (SSSR count). The summed E-state index contributed by atoms with van der Waals surface area (Å²) in [5.74, 6) is 0. The van der Waals surface area contributed by atoms with Gasteiger partial charge in [0.2, 0.25) is 0 Å². The highest BCUT2D eigenvalue weighted by Gasteiger charge is 2.01. The average Bonchev–Trinajstić information content (AvgIpc) is 1.98. The molecule has 0 spiro atoms. The van der Waals surface area contributed by atoms with Crippen LogP contribution in [0.1, 0.15) is 19.3 Å². The van der Waals surface area contributed by atoms with Crippen molar-refractivity contribution in [3.63, 3.8) is 0 Å². The Morgan fingerprint density at radius 2 is 2.50 bits per heavy atom. The maximum absolute atomic E-state index is 8.35. The molecule has 0 bridgehead atoms. The second kappa shape index (κ2) is 6.31. The number of nitrogens with zero attached hydrogens (tertiary/aromatic N) is 1. The van der Waals surface area contributed by atoms with E-state index in [1.165, 1.54) is 0 Å². The van der Waals surface area contributed by atoms with E-state index in [1.807, 2.05) is 13.1 Å². The molecule has 0 amide bonds. The second-order valence-electron chi connectivity index (χ2n) is 2.21. The van der Waals surface area contributed by atoms with Gasteiger partial charge >= 0.3 is 0 Å². The van der Waals surface area contributed by atoms with Crippen molar-refractivity contribution < 1.29 is 0 Å². The lowest BCUT2D eigenvalue weighted by atomic mass is 10.1. The Bertz CT molecular complexity index is 124. The smallest absolute Gasteiger partial charge is 0.0638 e. The van der Waals surface area contributed by atoms with Crippen molar-refractivity contribution in [3.05, 3.63) is 12.7 Å². The molecule has 1 atom stereocenters. The highest BCUT2D eigenvalue weighted by molar-refractivity contribution is 4.81. The molecule has 0 fully saturated rings. The van der Waals surface area contributed by atoms with E-state index in [2.05, 4.69) is 18.0 Å². The van der Waals surface area contributed by atoms with Gasteiger partial charge in [-0.2, -0.15) is 5.26 Å². The first-order valence-electron chi connectivity index (χ1n) is 3.50. The van der Waals surface area contributed by atoms with Crippen LogP contribution in [0.3, 0.4) is 0 Å². The Morgan fingerprint density at radius 3 is 2.90 bits per heavy atom. The molecular weight excluding hydrogens is 124 g/mol. The van der Waals surface area contributed by atoms with Crippen LogP contribution in [0.25, 0.3) is 0 Å². The van der Waals surface area contributed by atoms with Crippen molar-refractivity contribution >= 4 is 0 Å². The van der Waals surface area contributed by atoms with E-state index >= 15 is 0 Å². The van der Waals surface area contributed by atoms with Crippen LogP contribution < -0.4 is 5.32 Å². The second-order valence-corrected chi connectivity index (χ2v) is 2.21. The molecule has 0 aromatic carbocycles. The molecule has 0 heterocycles. The molecular formula is C8H14N2. The highest BCUT2D eigenvalue weighted by Crippen LogP contribution is 2.00. The number of nitrogens with one attached hydrogen (secondary N) is 1. The summed E-state index contributed by atoms with van der Waals surface area (Å²) in [5, 5.41) is 11.4. The minimum Gasteiger partial charge on any atom is -0.316 e.